The Hall–Kier alpha value is -4.06. The number of alkyl halides is 2. The van der Waals surface area contributed by atoms with Crippen molar-refractivity contribution in [2.24, 2.45) is 23.5 Å². The molecule has 1 atom stereocenters. The van der Waals surface area contributed by atoms with Crippen molar-refractivity contribution >= 4 is 28.2 Å². The summed E-state index contributed by atoms with van der Waals surface area (Å²) < 4.78 is 45.6. The number of imidazole rings is 1. The van der Waals surface area contributed by atoms with Gasteiger partial charge in [0.05, 0.1) is 24.6 Å². The Labute approximate surface area is 223 Å². The third kappa shape index (κ3) is 4.69. The molecule has 12 heteroatoms. The molecule has 9 nitrogen and oxygen atoms in total. The average molecular weight is 538 g/mol. The van der Waals surface area contributed by atoms with Crippen molar-refractivity contribution in [3.8, 4) is 11.1 Å². The maximum Gasteiger partial charge on any atom is 0.240 e. The molecule has 2 aromatic heterocycles. The number of benzene rings is 2. The molecule has 2 aromatic carbocycles. The van der Waals surface area contributed by atoms with Gasteiger partial charge in [0.25, 0.3) is 0 Å². The molecule has 0 radical (unpaired) electrons. The molecule has 39 heavy (non-hydrogen) atoms. The summed E-state index contributed by atoms with van der Waals surface area (Å²) in [5.74, 6) is 0.747. The minimum absolute atomic E-state index is 0.305. The second-order valence-electron chi connectivity index (χ2n) is 10.4. The number of fused-ring (bicyclic) bond motifs is 2. The summed E-state index contributed by atoms with van der Waals surface area (Å²) in [6.07, 6.45) is 1.80. The van der Waals surface area contributed by atoms with Crippen LogP contribution in [-0.2, 0) is 13.6 Å². The van der Waals surface area contributed by atoms with Gasteiger partial charge in [-0.2, -0.15) is 5.10 Å². The Kier molecular flexibility index (Phi) is 6.21. The highest BCUT2D eigenvalue weighted by Gasteiger charge is 2.35. The van der Waals surface area contributed by atoms with Crippen LogP contribution in [0.2, 0.25) is 0 Å². The number of aromatic nitrogens is 4. The summed E-state index contributed by atoms with van der Waals surface area (Å²) in [5, 5.41) is 8.29. The molecule has 0 bridgehead atoms. The van der Waals surface area contributed by atoms with Gasteiger partial charge in [-0.25, -0.2) is 23.1 Å². The normalized spacial score (nSPS) is 19.3. The van der Waals surface area contributed by atoms with Gasteiger partial charge >= 0.3 is 0 Å². The SMILES string of the molecule is Cn1ncc2cc(-c3ccc(N4CCC[C@](N)(CC(F)F)C4)c(Cn4cnc5c4NCN=C5N)c3)c(F)cc21. The van der Waals surface area contributed by atoms with Crippen LogP contribution in [0.5, 0.6) is 0 Å². The lowest BCUT2D eigenvalue weighted by Crippen LogP contribution is -2.55. The lowest BCUT2D eigenvalue weighted by atomic mass is 9.86. The van der Waals surface area contributed by atoms with Gasteiger partial charge in [-0.3, -0.25) is 4.68 Å². The summed E-state index contributed by atoms with van der Waals surface area (Å²) in [5.41, 5.74) is 15.7. The number of hydrogen-bond acceptors (Lipinski definition) is 7. The van der Waals surface area contributed by atoms with E-state index in [0.717, 1.165) is 22.5 Å². The Balaban J connectivity index is 1.43. The number of rotatable bonds is 6. The zero-order chi connectivity index (χ0) is 27.3. The highest BCUT2D eigenvalue weighted by atomic mass is 19.3. The van der Waals surface area contributed by atoms with Gasteiger partial charge in [-0.1, -0.05) is 6.07 Å². The molecule has 2 aliphatic rings. The number of amidine groups is 1. The maximum atomic E-state index is 15.3. The van der Waals surface area contributed by atoms with Gasteiger partial charge in [0, 0.05) is 54.8 Å². The molecule has 5 N–H and O–H groups in total. The van der Waals surface area contributed by atoms with E-state index in [1.165, 1.54) is 6.07 Å². The van der Waals surface area contributed by atoms with Crippen molar-refractivity contribution in [3.63, 3.8) is 0 Å². The molecule has 2 aliphatic heterocycles. The van der Waals surface area contributed by atoms with Crippen molar-refractivity contribution in [1.29, 1.82) is 0 Å². The van der Waals surface area contributed by atoms with Crippen molar-refractivity contribution < 1.29 is 13.2 Å². The average Bonchev–Trinajstić information content (AvgIpc) is 3.47. The second-order valence-corrected chi connectivity index (χ2v) is 10.4. The molecule has 1 fully saturated rings. The first kappa shape index (κ1) is 25.2. The number of nitrogens with two attached hydrogens (primary N) is 2. The van der Waals surface area contributed by atoms with E-state index in [-0.39, 0.29) is 12.2 Å². The minimum atomic E-state index is -2.47. The van der Waals surface area contributed by atoms with E-state index < -0.39 is 12.0 Å². The number of hydrogen-bond donors (Lipinski definition) is 3. The first-order valence-electron chi connectivity index (χ1n) is 12.9. The van der Waals surface area contributed by atoms with Crippen molar-refractivity contribution in [2.75, 3.05) is 30.0 Å². The Bertz CT molecular complexity index is 1570. The summed E-state index contributed by atoms with van der Waals surface area (Å²) in [7, 11) is 1.77. The monoisotopic (exact) mass is 537 g/mol. The van der Waals surface area contributed by atoms with Crippen LogP contribution in [0.15, 0.2) is 47.8 Å². The molecule has 0 aliphatic carbocycles. The second kappa shape index (κ2) is 9.60. The lowest BCUT2D eigenvalue weighted by molar-refractivity contribution is 0.0983. The van der Waals surface area contributed by atoms with E-state index in [9.17, 15) is 8.78 Å². The maximum absolute atomic E-state index is 15.3. The molecule has 0 spiro atoms. The number of piperidine rings is 1. The van der Waals surface area contributed by atoms with E-state index in [1.54, 1.807) is 30.3 Å². The lowest BCUT2D eigenvalue weighted by Gasteiger charge is -2.42. The van der Waals surface area contributed by atoms with E-state index in [2.05, 4.69) is 25.3 Å². The number of halogens is 3. The van der Waals surface area contributed by atoms with Gasteiger partial charge < -0.3 is 26.3 Å². The summed E-state index contributed by atoms with van der Waals surface area (Å²) in [6.45, 7) is 1.72. The highest BCUT2D eigenvalue weighted by Crippen LogP contribution is 2.36. The first-order valence-corrected chi connectivity index (χ1v) is 12.9. The number of aliphatic imine (C=N–C) groups is 1. The van der Waals surface area contributed by atoms with Crippen LogP contribution in [0, 0.1) is 5.82 Å². The zero-order valence-electron chi connectivity index (χ0n) is 21.5. The van der Waals surface area contributed by atoms with Gasteiger partial charge in [0.1, 0.15) is 29.8 Å². The Morgan fingerprint density at radius 1 is 1.21 bits per heavy atom. The fraction of sp³-hybridized carbons (Fsp3) is 0.370. The smallest absolute Gasteiger partial charge is 0.240 e. The van der Waals surface area contributed by atoms with E-state index >= 15 is 4.39 Å². The molecule has 0 saturated carbocycles. The summed E-state index contributed by atoms with van der Waals surface area (Å²) in [6, 6.07) is 9.02. The molecule has 4 heterocycles. The molecule has 6 rings (SSSR count). The number of anilines is 2. The summed E-state index contributed by atoms with van der Waals surface area (Å²) in [4.78, 5) is 10.7. The van der Waals surface area contributed by atoms with Crippen LogP contribution in [0.1, 0.15) is 30.5 Å². The zero-order valence-corrected chi connectivity index (χ0v) is 21.5. The standard InChI is InChI=1S/C27H30F3N9/c1-37-22-9-20(28)19(8-17(22)11-36-37)16-3-4-21(38-6-2-5-27(32,13-38)10-23(29)30)18(7-16)12-39-15-35-24-25(31)33-14-34-26(24)39/h3-4,7-9,11,15,23,34H,2,5-6,10,12-14,32H2,1H3,(H2,31,33)/t27-/m0/s1. The van der Waals surface area contributed by atoms with Crippen molar-refractivity contribution in [3.05, 3.63) is 59.9 Å². The van der Waals surface area contributed by atoms with Crippen LogP contribution >= 0.6 is 0 Å². The molecule has 0 unspecified atom stereocenters. The van der Waals surface area contributed by atoms with Crippen LogP contribution in [-0.4, -0.2) is 56.9 Å². The molecular weight excluding hydrogens is 507 g/mol. The molecule has 204 valence electrons. The number of aryl methyl sites for hydroxylation is 1. The number of nitrogens with one attached hydrogen (secondary N) is 1. The topological polar surface area (TPSA) is 115 Å². The molecule has 4 aromatic rings. The van der Waals surface area contributed by atoms with Gasteiger partial charge in [0.2, 0.25) is 6.43 Å². The van der Waals surface area contributed by atoms with E-state index in [4.69, 9.17) is 11.5 Å². The highest BCUT2D eigenvalue weighted by molar-refractivity contribution is 6.01. The fourth-order valence-corrected chi connectivity index (χ4v) is 5.76. The van der Waals surface area contributed by atoms with Crippen LogP contribution < -0.4 is 21.7 Å². The van der Waals surface area contributed by atoms with Gasteiger partial charge in [0.15, 0.2) is 0 Å². The van der Waals surface area contributed by atoms with Crippen LogP contribution in [0.25, 0.3) is 22.0 Å². The minimum Gasteiger partial charge on any atom is -0.382 e. The fourth-order valence-electron chi connectivity index (χ4n) is 5.76. The van der Waals surface area contributed by atoms with Crippen LogP contribution in [0.3, 0.4) is 0 Å². The van der Waals surface area contributed by atoms with E-state index in [1.807, 2.05) is 22.8 Å². The van der Waals surface area contributed by atoms with Gasteiger partial charge in [-0.05, 0) is 42.2 Å². The Morgan fingerprint density at radius 3 is 2.87 bits per heavy atom. The first-order chi connectivity index (χ1) is 18.7. The van der Waals surface area contributed by atoms with Crippen LogP contribution in [0.4, 0.5) is 24.7 Å². The molecular formula is C27H30F3N9. The summed E-state index contributed by atoms with van der Waals surface area (Å²) >= 11 is 0. The third-order valence-electron chi connectivity index (χ3n) is 7.65. The quantitative estimate of drug-likeness (QED) is 0.346. The largest absolute Gasteiger partial charge is 0.382 e. The van der Waals surface area contributed by atoms with E-state index in [0.29, 0.717) is 67.3 Å². The third-order valence-corrected chi connectivity index (χ3v) is 7.65. The van der Waals surface area contributed by atoms with Crippen molar-refractivity contribution in [2.45, 2.75) is 37.8 Å². The molecule has 0 amide bonds. The predicted molar refractivity (Wildman–Crippen MR) is 146 cm³/mol. The van der Waals surface area contributed by atoms with Gasteiger partial charge in [-0.15, -0.1) is 0 Å². The molecule has 1 saturated heterocycles. The Morgan fingerprint density at radius 2 is 2.05 bits per heavy atom. The number of nitrogens with zero attached hydrogens (tertiary/aromatic N) is 6. The van der Waals surface area contributed by atoms with Crippen molar-refractivity contribution in [1.82, 2.24) is 19.3 Å². The predicted octanol–water partition coefficient (Wildman–Crippen LogP) is 3.67.